The van der Waals surface area contributed by atoms with Crippen LogP contribution in [0, 0.1) is 5.82 Å². The standard InChI is InChI=1S/C13H14BrFN2O/c1-9(2)17-11(7-16-13(17)14)8-18-12-5-3-4-10(15)6-12/h3-7,9H,8H2,1-2H3. The third-order valence-electron chi connectivity index (χ3n) is 2.53. The van der Waals surface area contributed by atoms with Gasteiger partial charge in [-0.15, -0.1) is 0 Å². The van der Waals surface area contributed by atoms with Crippen LogP contribution in [0.15, 0.2) is 35.2 Å². The summed E-state index contributed by atoms with van der Waals surface area (Å²) in [7, 11) is 0. The molecule has 2 aromatic rings. The molecule has 0 saturated heterocycles. The number of imidazole rings is 1. The molecular weight excluding hydrogens is 299 g/mol. The molecule has 0 aliphatic carbocycles. The van der Waals surface area contributed by atoms with Crippen molar-refractivity contribution in [3.8, 4) is 5.75 Å². The van der Waals surface area contributed by atoms with Crippen molar-refractivity contribution in [3.05, 3.63) is 46.7 Å². The van der Waals surface area contributed by atoms with Gasteiger partial charge in [0.15, 0.2) is 4.73 Å². The Labute approximate surface area is 114 Å². The number of rotatable bonds is 4. The van der Waals surface area contributed by atoms with E-state index in [0.29, 0.717) is 12.4 Å². The highest BCUT2D eigenvalue weighted by Gasteiger charge is 2.11. The van der Waals surface area contributed by atoms with Crippen molar-refractivity contribution in [1.29, 1.82) is 0 Å². The van der Waals surface area contributed by atoms with Crippen LogP contribution in [0.4, 0.5) is 4.39 Å². The summed E-state index contributed by atoms with van der Waals surface area (Å²) in [6.45, 7) is 4.50. The van der Waals surface area contributed by atoms with Crippen molar-refractivity contribution >= 4 is 15.9 Å². The van der Waals surface area contributed by atoms with E-state index in [1.165, 1.54) is 12.1 Å². The molecule has 0 saturated carbocycles. The lowest BCUT2D eigenvalue weighted by atomic mass is 10.3. The van der Waals surface area contributed by atoms with Crippen LogP contribution in [0.3, 0.4) is 0 Å². The molecule has 96 valence electrons. The first-order valence-corrected chi connectivity index (χ1v) is 6.47. The summed E-state index contributed by atoms with van der Waals surface area (Å²) >= 11 is 3.39. The van der Waals surface area contributed by atoms with E-state index >= 15 is 0 Å². The predicted octanol–water partition coefficient (Wildman–Crippen LogP) is 3.94. The van der Waals surface area contributed by atoms with Crippen LogP contribution in [0.2, 0.25) is 0 Å². The lowest BCUT2D eigenvalue weighted by molar-refractivity contribution is 0.290. The van der Waals surface area contributed by atoms with Crippen molar-refractivity contribution in [2.24, 2.45) is 0 Å². The van der Waals surface area contributed by atoms with Crippen molar-refractivity contribution < 1.29 is 9.13 Å². The topological polar surface area (TPSA) is 27.1 Å². The van der Waals surface area contributed by atoms with E-state index in [-0.39, 0.29) is 11.9 Å². The smallest absolute Gasteiger partial charge is 0.177 e. The van der Waals surface area contributed by atoms with Gasteiger partial charge < -0.3 is 9.30 Å². The van der Waals surface area contributed by atoms with Gasteiger partial charge in [0.1, 0.15) is 18.2 Å². The van der Waals surface area contributed by atoms with E-state index in [2.05, 4.69) is 34.8 Å². The SMILES string of the molecule is CC(C)n1c(COc2cccc(F)c2)cnc1Br. The number of ether oxygens (including phenoxy) is 1. The highest BCUT2D eigenvalue weighted by Crippen LogP contribution is 2.20. The monoisotopic (exact) mass is 312 g/mol. The highest BCUT2D eigenvalue weighted by atomic mass is 79.9. The van der Waals surface area contributed by atoms with Crippen LogP contribution >= 0.6 is 15.9 Å². The summed E-state index contributed by atoms with van der Waals surface area (Å²) in [5.41, 5.74) is 0.945. The van der Waals surface area contributed by atoms with E-state index in [1.54, 1.807) is 18.3 Å². The molecule has 1 aromatic heterocycles. The molecular formula is C13H14BrFN2O. The molecule has 18 heavy (non-hydrogen) atoms. The molecule has 0 radical (unpaired) electrons. The zero-order valence-corrected chi connectivity index (χ0v) is 11.8. The fourth-order valence-corrected chi connectivity index (χ4v) is 2.48. The van der Waals surface area contributed by atoms with Crippen molar-refractivity contribution in [1.82, 2.24) is 9.55 Å². The number of benzene rings is 1. The minimum atomic E-state index is -0.300. The van der Waals surface area contributed by atoms with E-state index in [4.69, 9.17) is 4.74 Å². The molecule has 3 nitrogen and oxygen atoms in total. The zero-order chi connectivity index (χ0) is 13.1. The molecule has 0 aliphatic heterocycles. The Morgan fingerprint density at radius 1 is 1.44 bits per heavy atom. The first-order valence-electron chi connectivity index (χ1n) is 5.68. The number of aromatic nitrogens is 2. The summed E-state index contributed by atoms with van der Waals surface area (Å²) < 4.78 is 21.4. The van der Waals surface area contributed by atoms with E-state index in [9.17, 15) is 4.39 Å². The second-order valence-electron chi connectivity index (χ2n) is 4.23. The molecule has 0 N–H and O–H groups in total. The lowest BCUT2D eigenvalue weighted by Gasteiger charge is -2.13. The third-order valence-corrected chi connectivity index (χ3v) is 3.11. The van der Waals surface area contributed by atoms with Crippen molar-refractivity contribution in [3.63, 3.8) is 0 Å². The summed E-state index contributed by atoms with van der Waals surface area (Å²) in [6, 6.07) is 6.40. The summed E-state index contributed by atoms with van der Waals surface area (Å²) in [5.74, 6) is 0.216. The second-order valence-corrected chi connectivity index (χ2v) is 4.94. The van der Waals surface area contributed by atoms with Gasteiger partial charge in [-0.1, -0.05) is 6.07 Å². The van der Waals surface area contributed by atoms with Gasteiger partial charge in [-0.3, -0.25) is 0 Å². The molecule has 2 rings (SSSR count). The van der Waals surface area contributed by atoms with Gasteiger partial charge in [-0.25, -0.2) is 9.37 Å². The second kappa shape index (κ2) is 5.52. The Kier molecular flexibility index (Phi) is 4.01. The molecule has 0 atom stereocenters. The summed E-state index contributed by atoms with van der Waals surface area (Å²) in [4.78, 5) is 4.19. The predicted molar refractivity (Wildman–Crippen MR) is 71.0 cm³/mol. The van der Waals surface area contributed by atoms with Gasteiger partial charge in [0.05, 0.1) is 11.9 Å². The average molecular weight is 313 g/mol. The van der Waals surface area contributed by atoms with Crippen LogP contribution in [-0.2, 0) is 6.61 Å². The normalized spacial score (nSPS) is 10.9. The van der Waals surface area contributed by atoms with Crippen LogP contribution in [0.25, 0.3) is 0 Å². The third kappa shape index (κ3) is 2.90. The number of hydrogen-bond acceptors (Lipinski definition) is 2. The van der Waals surface area contributed by atoms with Gasteiger partial charge in [0, 0.05) is 12.1 Å². The van der Waals surface area contributed by atoms with Gasteiger partial charge >= 0.3 is 0 Å². The maximum absolute atomic E-state index is 13.0. The maximum Gasteiger partial charge on any atom is 0.177 e. The molecule has 1 heterocycles. The molecule has 1 aromatic carbocycles. The molecule has 5 heteroatoms. The first-order chi connectivity index (χ1) is 8.58. The molecule has 0 aliphatic rings. The number of nitrogens with zero attached hydrogens (tertiary/aromatic N) is 2. The van der Waals surface area contributed by atoms with Crippen molar-refractivity contribution in [2.45, 2.75) is 26.5 Å². The van der Waals surface area contributed by atoms with Gasteiger partial charge in [-0.2, -0.15) is 0 Å². The van der Waals surface area contributed by atoms with Crippen molar-refractivity contribution in [2.75, 3.05) is 0 Å². The molecule has 0 amide bonds. The Morgan fingerprint density at radius 2 is 2.22 bits per heavy atom. The van der Waals surface area contributed by atoms with Crippen LogP contribution in [0.1, 0.15) is 25.6 Å². The summed E-state index contributed by atoms with van der Waals surface area (Å²) in [5, 5.41) is 0. The minimum absolute atomic E-state index is 0.285. The van der Waals surface area contributed by atoms with Crippen LogP contribution in [-0.4, -0.2) is 9.55 Å². The fraction of sp³-hybridized carbons (Fsp3) is 0.308. The maximum atomic E-state index is 13.0. The average Bonchev–Trinajstić information content (AvgIpc) is 2.68. The van der Waals surface area contributed by atoms with E-state index in [0.717, 1.165) is 10.4 Å². The first kappa shape index (κ1) is 13.1. The molecule has 0 fully saturated rings. The van der Waals surface area contributed by atoms with Gasteiger partial charge in [-0.05, 0) is 41.9 Å². The molecule has 0 bridgehead atoms. The van der Waals surface area contributed by atoms with Crippen LogP contribution in [0.5, 0.6) is 5.75 Å². The Morgan fingerprint density at radius 3 is 2.89 bits per heavy atom. The zero-order valence-electron chi connectivity index (χ0n) is 10.2. The van der Waals surface area contributed by atoms with Gasteiger partial charge in [0.25, 0.3) is 0 Å². The summed E-state index contributed by atoms with van der Waals surface area (Å²) in [6.07, 6.45) is 1.75. The lowest BCUT2D eigenvalue weighted by Crippen LogP contribution is -2.08. The van der Waals surface area contributed by atoms with E-state index < -0.39 is 0 Å². The minimum Gasteiger partial charge on any atom is -0.487 e. The molecule has 0 unspecified atom stereocenters. The van der Waals surface area contributed by atoms with Crippen LogP contribution < -0.4 is 4.74 Å². The Bertz CT molecular complexity index is 540. The largest absolute Gasteiger partial charge is 0.487 e. The number of halogens is 2. The quantitative estimate of drug-likeness (QED) is 0.855. The van der Waals surface area contributed by atoms with Gasteiger partial charge in [0.2, 0.25) is 0 Å². The van der Waals surface area contributed by atoms with E-state index in [1.807, 2.05) is 4.57 Å². The Hall–Kier alpha value is -1.36. The Balaban J connectivity index is 2.11. The highest BCUT2D eigenvalue weighted by molar-refractivity contribution is 9.10. The fourth-order valence-electron chi connectivity index (χ4n) is 1.74. The number of hydrogen-bond donors (Lipinski definition) is 0. The molecule has 0 spiro atoms.